The van der Waals surface area contributed by atoms with Crippen molar-refractivity contribution in [3.05, 3.63) is 16.9 Å². The van der Waals surface area contributed by atoms with Gasteiger partial charge in [-0.1, -0.05) is 11.6 Å². The summed E-state index contributed by atoms with van der Waals surface area (Å²) in [6.45, 7) is 0. The van der Waals surface area contributed by atoms with Crippen molar-refractivity contribution in [1.82, 2.24) is 9.78 Å². The van der Waals surface area contributed by atoms with Gasteiger partial charge < -0.3 is 5.73 Å². The molecule has 90 valence electrons. The Hall–Kier alpha value is -0.590. The molecule has 0 radical (unpaired) electrons. The van der Waals surface area contributed by atoms with E-state index in [2.05, 4.69) is 5.10 Å². The number of aromatic nitrogens is 2. The number of halogens is 1. The van der Waals surface area contributed by atoms with Crippen LogP contribution in [0.1, 0.15) is 18.2 Å². The number of rotatable bonds is 2. The van der Waals surface area contributed by atoms with E-state index >= 15 is 0 Å². The lowest BCUT2D eigenvalue weighted by Gasteiger charge is -2.18. The van der Waals surface area contributed by atoms with Gasteiger partial charge in [-0.25, -0.2) is 8.42 Å². The Balaban J connectivity index is 2.24. The first-order valence-corrected chi connectivity index (χ1v) is 7.24. The minimum atomic E-state index is -2.91. The van der Waals surface area contributed by atoms with Crippen LogP contribution >= 0.6 is 11.6 Å². The van der Waals surface area contributed by atoms with Crippen LogP contribution in [-0.4, -0.2) is 29.7 Å². The molecule has 2 atom stereocenters. The lowest BCUT2D eigenvalue weighted by molar-refractivity contribution is 0.453. The summed E-state index contributed by atoms with van der Waals surface area (Å²) in [5.74, 6) is 0.314. The van der Waals surface area contributed by atoms with Crippen LogP contribution in [0.2, 0.25) is 5.02 Å². The summed E-state index contributed by atoms with van der Waals surface area (Å²) in [6.07, 6.45) is 2.13. The minimum absolute atomic E-state index is 0.0575. The van der Waals surface area contributed by atoms with Crippen LogP contribution in [0.5, 0.6) is 0 Å². The molecule has 1 aliphatic rings. The van der Waals surface area contributed by atoms with E-state index in [0.29, 0.717) is 17.1 Å². The highest BCUT2D eigenvalue weighted by Gasteiger charge is 2.34. The molecule has 0 saturated carbocycles. The highest BCUT2D eigenvalue weighted by Crippen LogP contribution is 2.32. The van der Waals surface area contributed by atoms with Gasteiger partial charge in [0, 0.05) is 7.05 Å². The molecule has 0 aliphatic carbocycles. The molecule has 2 N–H and O–H groups in total. The summed E-state index contributed by atoms with van der Waals surface area (Å²) < 4.78 is 24.4. The van der Waals surface area contributed by atoms with Crippen molar-refractivity contribution in [3.8, 4) is 0 Å². The Morgan fingerprint density at radius 3 is 2.81 bits per heavy atom. The highest BCUT2D eigenvalue weighted by atomic mass is 35.5. The molecule has 2 unspecified atom stereocenters. The van der Waals surface area contributed by atoms with Crippen LogP contribution in [0.15, 0.2) is 6.20 Å². The predicted molar refractivity (Wildman–Crippen MR) is 61.9 cm³/mol. The minimum Gasteiger partial charge on any atom is -0.322 e. The van der Waals surface area contributed by atoms with Gasteiger partial charge >= 0.3 is 0 Å². The summed E-state index contributed by atoms with van der Waals surface area (Å²) >= 11 is 5.98. The van der Waals surface area contributed by atoms with E-state index in [-0.39, 0.29) is 23.5 Å². The second-order valence-corrected chi connectivity index (χ2v) is 6.83. The van der Waals surface area contributed by atoms with E-state index in [9.17, 15) is 8.42 Å². The molecule has 0 bridgehead atoms. The van der Waals surface area contributed by atoms with Gasteiger partial charge in [0.1, 0.15) is 0 Å². The third kappa shape index (κ3) is 2.09. The van der Waals surface area contributed by atoms with E-state index in [1.54, 1.807) is 11.7 Å². The van der Waals surface area contributed by atoms with Crippen LogP contribution in [-0.2, 0) is 16.9 Å². The molecule has 0 amide bonds. The van der Waals surface area contributed by atoms with E-state index in [1.165, 1.54) is 6.20 Å². The molecule has 1 saturated heterocycles. The Morgan fingerprint density at radius 1 is 1.69 bits per heavy atom. The maximum absolute atomic E-state index is 11.4. The third-order valence-electron chi connectivity index (χ3n) is 3.03. The highest BCUT2D eigenvalue weighted by molar-refractivity contribution is 7.91. The molecule has 5 nitrogen and oxygen atoms in total. The molecule has 2 heterocycles. The zero-order chi connectivity index (χ0) is 11.9. The molecule has 7 heteroatoms. The largest absolute Gasteiger partial charge is 0.322 e. The maximum atomic E-state index is 11.4. The van der Waals surface area contributed by atoms with Gasteiger partial charge in [0.25, 0.3) is 0 Å². The first-order chi connectivity index (χ1) is 7.41. The van der Waals surface area contributed by atoms with E-state index in [0.717, 1.165) is 0 Å². The van der Waals surface area contributed by atoms with Crippen molar-refractivity contribution in [2.75, 3.05) is 11.5 Å². The van der Waals surface area contributed by atoms with Crippen LogP contribution in [0.3, 0.4) is 0 Å². The summed E-state index contributed by atoms with van der Waals surface area (Å²) in [6, 6.07) is -0.364. The lowest BCUT2D eigenvalue weighted by atomic mass is 9.97. The Labute approximate surface area is 99.5 Å². The standard InChI is InChI=1S/C9H14ClN3O2S/c1-13-9(7(10)4-12-13)8(11)6-2-3-16(14,15)5-6/h4,6,8H,2-3,5,11H2,1H3. The number of sulfone groups is 1. The number of hydrogen-bond acceptors (Lipinski definition) is 4. The Kier molecular flexibility index (Phi) is 2.98. The van der Waals surface area contributed by atoms with Crippen molar-refractivity contribution in [2.45, 2.75) is 12.5 Å². The number of nitrogens with zero attached hydrogens (tertiary/aromatic N) is 2. The molecule has 16 heavy (non-hydrogen) atoms. The second kappa shape index (κ2) is 4.01. The van der Waals surface area contributed by atoms with Gasteiger partial charge in [0.05, 0.1) is 34.5 Å². The average Bonchev–Trinajstić information content (AvgIpc) is 2.70. The SMILES string of the molecule is Cn1ncc(Cl)c1C(N)C1CCS(=O)(=O)C1. The van der Waals surface area contributed by atoms with Crippen LogP contribution < -0.4 is 5.73 Å². The van der Waals surface area contributed by atoms with Gasteiger partial charge in [-0.15, -0.1) is 0 Å². The van der Waals surface area contributed by atoms with Crippen LogP contribution in [0, 0.1) is 5.92 Å². The zero-order valence-corrected chi connectivity index (χ0v) is 10.5. The molecule has 1 aromatic heterocycles. The predicted octanol–water partition coefficient (Wildman–Crippen LogP) is 0.508. The molecule has 1 aliphatic heterocycles. The van der Waals surface area contributed by atoms with Crippen LogP contribution in [0.4, 0.5) is 0 Å². The molecular formula is C9H14ClN3O2S. The number of aryl methyl sites for hydroxylation is 1. The molecule has 1 aromatic rings. The van der Waals surface area contributed by atoms with Gasteiger partial charge in [0.15, 0.2) is 9.84 Å². The quantitative estimate of drug-likeness (QED) is 0.843. The summed E-state index contributed by atoms with van der Waals surface area (Å²) in [7, 11) is -1.16. The fourth-order valence-corrected chi connectivity index (χ4v) is 4.27. The Morgan fingerprint density at radius 2 is 2.38 bits per heavy atom. The lowest BCUT2D eigenvalue weighted by Crippen LogP contribution is -2.25. The van der Waals surface area contributed by atoms with E-state index in [4.69, 9.17) is 17.3 Å². The molecular weight excluding hydrogens is 250 g/mol. The van der Waals surface area contributed by atoms with Crippen molar-refractivity contribution < 1.29 is 8.42 Å². The normalized spacial score (nSPS) is 25.8. The first-order valence-electron chi connectivity index (χ1n) is 5.04. The molecule has 0 aromatic carbocycles. The Bertz CT molecular complexity index is 477. The summed E-state index contributed by atoms with van der Waals surface area (Å²) in [4.78, 5) is 0. The van der Waals surface area contributed by atoms with E-state index < -0.39 is 9.84 Å². The third-order valence-corrected chi connectivity index (χ3v) is 5.11. The van der Waals surface area contributed by atoms with Crippen molar-refractivity contribution in [2.24, 2.45) is 18.7 Å². The van der Waals surface area contributed by atoms with Crippen molar-refractivity contribution >= 4 is 21.4 Å². The second-order valence-electron chi connectivity index (χ2n) is 4.19. The van der Waals surface area contributed by atoms with Gasteiger partial charge in [-0.2, -0.15) is 5.10 Å². The summed E-state index contributed by atoms with van der Waals surface area (Å²) in [5.41, 5.74) is 6.77. The number of nitrogens with two attached hydrogens (primary N) is 1. The molecule has 2 rings (SSSR count). The maximum Gasteiger partial charge on any atom is 0.150 e. The first kappa shape index (κ1) is 11.9. The smallest absolute Gasteiger partial charge is 0.150 e. The molecule has 1 fully saturated rings. The van der Waals surface area contributed by atoms with Gasteiger partial charge in [0.2, 0.25) is 0 Å². The fourth-order valence-electron chi connectivity index (χ4n) is 2.13. The number of hydrogen-bond donors (Lipinski definition) is 1. The summed E-state index contributed by atoms with van der Waals surface area (Å²) in [5, 5.41) is 4.50. The van der Waals surface area contributed by atoms with Gasteiger partial charge in [-0.3, -0.25) is 4.68 Å². The zero-order valence-electron chi connectivity index (χ0n) is 8.93. The van der Waals surface area contributed by atoms with Gasteiger partial charge in [-0.05, 0) is 12.3 Å². The monoisotopic (exact) mass is 263 g/mol. The van der Waals surface area contributed by atoms with E-state index in [1.807, 2.05) is 0 Å². The average molecular weight is 264 g/mol. The van der Waals surface area contributed by atoms with Crippen LogP contribution in [0.25, 0.3) is 0 Å². The molecule has 0 spiro atoms. The topological polar surface area (TPSA) is 78.0 Å². The van der Waals surface area contributed by atoms with Crippen molar-refractivity contribution in [3.63, 3.8) is 0 Å². The van der Waals surface area contributed by atoms with Crippen molar-refractivity contribution in [1.29, 1.82) is 0 Å². The fraction of sp³-hybridized carbons (Fsp3) is 0.667.